The van der Waals surface area contributed by atoms with Crippen molar-refractivity contribution in [3.63, 3.8) is 0 Å². The predicted molar refractivity (Wildman–Crippen MR) is 42.5 cm³/mol. The van der Waals surface area contributed by atoms with Crippen molar-refractivity contribution in [2.75, 3.05) is 6.61 Å². The van der Waals surface area contributed by atoms with Crippen molar-refractivity contribution in [1.29, 1.82) is 0 Å². The van der Waals surface area contributed by atoms with Crippen LogP contribution in [0.4, 0.5) is 8.78 Å². The highest BCUT2D eigenvalue weighted by molar-refractivity contribution is 5.77. The topological polar surface area (TPSA) is 26.3 Å². The quantitative estimate of drug-likeness (QED) is 0.721. The first kappa shape index (κ1) is 9.64. The number of Topliss-reactive ketones (excluding diaryl/α,β-unsaturated/α-hetero) is 1. The Morgan fingerprint density at radius 2 is 2.15 bits per heavy atom. The average Bonchev–Trinajstić information content (AvgIpc) is 2.07. The van der Waals surface area contributed by atoms with Gasteiger partial charge in [0.2, 0.25) is 5.82 Å². The summed E-state index contributed by atoms with van der Waals surface area (Å²) >= 11 is 0. The minimum absolute atomic E-state index is 0.241. The number of carbonyl (C=O) groups excluding carboxylic acids is 1. The predicted octanol–water partition coefficient (Wildman–Crippen LogP) is 1.93. The van der Waals surface area contributed by atoms with Gasteiger partial charge in [-0.25, -0.2) is 4.39 Å². The number of hydrogen-bond donors (Lipinski definition) is 0. The molecular weight excluding hydrogens is 178 g/mol. The second-order valence-corrected chi connectivity index (χ2v) is 2.54. The third-order valence-electron chi connectivity index (χ3n) is 1.35. The third kappa shape index (κ3) is 2.50. The molecule has 0 bridgehead atoms. The van der Waals surface area contributed by atoms with Crippen molar-refractivity contribution in [1.82, 2.24) is 0 Å². The van der Waals surface area contributed by atoms with Crippen LogP contribution in [0.5, 0.6) is 5.75 Å². The van der Waals surface area contributed by atoms with E-state index < -0.39 is 11.6 Å². The SMILES string of the molecule is CC(=O)COc1cccc(F)c1F. The lowest BCUT2D eigenvalue weighted by Gasteiger charge is -2.04. The summed E-state index contributed by atoms with van der Waals surface area (Å²) in [4.78, 5) is 10.5. The van der Waals surface area contributed by atoms with E-state index >= 15 is 0 Å². The summed E-state index contributed by atoms with van der Waals surface area (Å²) < 4.78 is 30.1. The van der Waals surface area contributed by atoms with Crippen LogP contribution < -0.4 is 4.74 Å². The largest absolute Gasteiger partial charge is 0.483 e. The van der Waals surface area contributed by atoms with E-state index in [4.69, 9.17) is 4.74 Å². The molecule has 0 amide bonds. The summed E-state index contributed by atoms with van der Waals surface area (Å²) in [6, 6.07) is 3.56. The first-order valence-corrected chi connectivity index (χ1v) is 3.67. The lowest BCUT2D eigenvalue weighted by Crippen LogP contribution is -2.07. The maximum atomic E-state index is 12.8. The number of rotatable bonds is 3. The molecule has 0 aliphatic heterocycles. The van der Waals surface area contributed by atoms with E-state index in [2.05, 4.69) is 0 Å². The molecule has 70 valence electrons. The fraction of sp³-hybridized carbons (Fsp3) is 0.222. The number of benzene rings is 1. The van der Waals surface area contributed by atoms with Crippen molar-refractivity contribution in [2.45, 2.75) is 6.92 Å². The van der Waals surface area contributed by atoms with Gasteiger partial charge in [0.1, 0.15) is 6.61 Å². The minimum Gasteiger partial charge on any atom is -0.483 e. The third-order valence-corrected chi connectivity index (χ3v) is 1.35. The number of hydrogen-bond acceptors (Lipinski definition) is 2. The van der Waals surface area contributed by atoms with Crippen LogP contribution in [0, 0.1) is 11.6 Å². The highest BCUT2D eigenvalue weighted by Crippen LogP contribution is 2.18. The van der Waals surface area contributed by atoms with Gasteiger partial charge in [-0.3, -0.25) is 4.79 Å². The normalized spacial score (nSPS) is 9.77. The zero-order valence-corrected chi connectivity index (χ0v) is 7.01. The zero-order valence-electron chi connectivity index (χ0n) is 7.01. The molecule has 0 unspecified atom stereocenters. The van der Waals surface area contributed by atoms with Gasteiger partial charge in [0.05, 0.1) is 0 Å². The maximum Gasteiger partial charge on any atom is 0.200 e. The number of ether oxygens (including phenoxy) is 1. The van der Waals surface area contributed by atoms with Crippen molar-refractivity contribution in [3.8, 4) is 5.75 Å². The molecule has 0 aliphatic rings. The molecule has 0 saturated carbocycles. The van der Waals surface area contributed by atoms with E-state index in [9.17, 15) is 13.6 Å². The summed E-state index contributed by atoms with van der Waals surface area (Å²) in [5, 5.41) is 0. The van der Waals surface area contributed by atoms with Crippen molar-refractivity contribution in [3.05, 3.63) is 29.8 Å². The van der Waals surface area contributed by atoms with Gasteiger partial charge in [-0.2, -0.15) is 4.39 Å². The molecular formula is C9H8F2O2. The number of carbonyl (C=O) groups is 1. The molecule has 0 spiro atoms. The molecule has 13 heavy (non-hydrogen) atoms. The lowest BCUT2D eigenvalue weighted by atomic mass is 10.3. The molecule has 0 N–H and O–H groups in total. The second-order valence-electron chi connectivity index (χ2n) is 2.54. The van der Waals surface area contributed by atoms with Gasteiger partial charge in [-0.1, -0.05) is 6.07 Å². The molecule has 4 heteroatoms. The van der Waals surface area contributed by atoms with Crippen LogP contribution in [0.25, 0.3) is 0 Å². The standard InChI is InChI=1S/C9H8F2O2/c1-6(12)5-13-8-4-2-3-7(10)9(8)11/h2-4H,5H2,1H3. The highest BCUT2D eigenvalue weighted by atomic mass is 19.2. The van der Waals surface area contributed by atoms with Crippen LogP contribution in [-0.2, 0) is 4.79 Å². The van der Waals surface area contributed by atoms with E-state index in [-0.39, 0.29) is 18.1 Å². The Bertz CT molecular complexity index is 323. The Kier molecular flexibility index (Phi) is 2.95. The van der Waals surface area contributed by atoms with Crippen LogP contribution in [0.3, 0.4) is 0 Å². The summed E-state index contributed by atoms with van der Waals surface area (Å²) in [6.45, 7) is 1.05. The number of ketones is 1. The van der Waals surface area contributed by atoms with E-state index in [1.807, 2.05) is 0 Å². The molecule has 0 atom stereocenters. The molecule has 1 aromatic carbocycles. The van der Waals surface area contributed by atoms with Crippen LogP contribution in [-0.4, -0.2) is 12.4 Å². The first-order chi connectivity index (χ1) is 6.11. The van der Waals surface area contributed by atoms with Crippen LogP contribution >= 0.6 is 0 Å². The van der Waals surface area contributed by atoms with Gasteiger partial charge in [-0.15, -0.1) is 0 Å². The molecule has 1 aromatic rings. The monoisotopic (exact) mass is 186 g/mol. The Morgan fingerprint density at radius 3 is 2.77 bits per heavy atom. The van der Waals surface area contributed by atoms with Gasteiger partial charge in [0, 0.05) is 0 Å². The number of halogens is 2. The fourth-order valence-corrected chi connectivity index (χ4v) is 0.775. The molecule has 0 aliphatic carbocycles. The molecule has 0 fully saturated rings. The Morgan fingerprint density at radius 1 is 1.46 bits per heavy atom. The second kappa shape index (κ2) is 3.98. The Labute approximate surface area is 74.1 Å². The summed E-state index contributed by atoms with van der Waals surface area (Å²) in [5.41, 5.74) is 0. The van der Waals surface area contributed by atoms with E-state index in [1.165, 1.54) is 19.1 Å². The average molecular weight is 186 g/mol. The van der Waals surface area contributed by atoms with Gasteiger partial charge in [0.25, 0.3) is 0 Å². The lowest BCUT2D eigenvalue weighted by molar-refractivity contribution is -0.118. The summed E-state index contributed by atoms with van der Waals surface area (Å²) in [5.74, 6) is -2.54. The molecule has 0 aromatic heterocycles. The van der Waals surface area contributed by atoms with E-state index in [1.54, 1.807) is 0 Å². The summed E-state index contributed by atoms with van der Waals surface area (Å²) in [6.07, 6.45) is 0. The molecule has 0 heterocycles. The van der Waals surface area contributed by atoms with Gasteiger partial charge in [-0.05, 0) is 19.1 Å². The molecule has 0 saturated heterocycles. The Balaban J connectivity index is 2.77. The van der Waals surface area contributed by atoms with E-state index in [0.717, 1.165) is 6.07 Å². The smallest absolute Gasteiger partial charge is 0.200 e. The van der Waals surface area contributed by atoms with Crippen LogP contribution in [0.2, 0.25) is 0 Å². The Hall–Kier alpha value is -1.45. The summed E-state index contributed by atoms with van der Waals surface area (Å²) in [7, 11) is 0. The maximum absolute atomic E-state index is 12.8. The van der Waals surface area contributed by atoms with Crippen molar-refractivity contribution >= 4 is 5.78 Å². The van der Waals surface area contributed by atoms with Crippen LogP contribution in [0.1, 0.15) is 6.92 Å². The van der Waals surface area contributed by atoms with Gasteiger partial charge < -0.3 is 4.74 Å². The van der Waals surface area contributed by atoms with Gasteiger partial charge >= 0.3 is 0 Å². The fourth-order valence-electron chi connectivity index (χ4n) is 0.775. The minimum atomic E-state index is -1.07. The molecule has 2 nitrogen and oxygen atoms in total. The molecule has 1 rings (SSSR count). The van der Waals surface area contributed by atoms with Crippen molar-refractivity contribution < 1.29 is 18.3 Å². The highest BCUT2D eigenvalue weighted by Gasteiger charge is 2.08. The van der Waals surface area contributed by atoms with Crippen molar-refractivity contribution in [2.24, 2.45) is 0 Å². The van der Waals surface area contributed by atoms with Gasteiger partial charge in [0.15, 0.2) is 17.3 Å². The molecule has 0 radical (unpaired) electrons. The van der Waals surface area contributed by atoms with Crippen LogP contribution in [0.15, 0.2) is 18.2 Å². The van der Waals surface area contributed by atoms with E-state index in [0.29, 0.717) is 0 Å². The first-order valence-electron chi connectivity index (χ1n) is 3.67. The zero-order chi connectivity index (χ0) is 9.84.